The van der Waals surface area contributed by atoms with Crippen LogP contribution in [0.15, 0.2) is 14.2 Å². The van der Waals surface area contributed by atoms with Gasteiger partial charge in [0.05, 0.1) is 0 Å². The third-order valence-electron chi connectivity index (χ3n) is 1.13. The third kappa shape index (κ3) is 1.40. The molecular weight excluding hydrogens is 178 g/mol. The van der Waals surface area contributed by atoms with Crippen LogP contribution in [0.2, 0.25) is 0 Å². The van der Waals surface area contributed by atoms with Crippen LogP contribution in [-0.4, -0.2) is 11.2 Å². The van der Waals surface area contributed by atoms with Crippen LogP contribution in [0.25, 0.3) is 0 Å². The normalized spacial score (nSPS) is 9.33. The molecule has 62 valence electrons. The SMILES string of the molecule is CSc1nc(N)oc(=O)c1C#N. The van der Waals surface area contributed by atoms with Crippen molar-refractivity contribution in [1.82, 2.24) is 4.98 Å². The summed E-state index contributed by atoms with van der Waals surface area (Å²) >= 11 is 1.17. The number of rotatable bonds is 1. The van der Waals surface area contributed by atoms with E-state index in [0.717, 1.165) is 0 Å². The highest BCUT2D eigenvalue weighted by atomic mass is 32.2. The molecule has 0 bridgehead atoms. The highest BCUT2D eigenvalue weighted by molar-refractivity contribution is 7.98. The minimum Gasteiger partial charge on any atom is -0.388 e. The van der Waals surface area contributed by atoms with Crippen LogP contribution in [0.5, 0.6) is 0 Å². The summed E-state index contributed by atoms with van der Waals surface area (Å²) in [7, 11) is 0. The predicted octanol–water partition coefficient (Wildman–Crippen LogP) is 0.211. The van der Waals surface area contributed by atoms with Crippen LogP contribution in [0.4, 0.5) is 6.01 Å². The van der Waals surface area contributed by atoms with E-state index >= 15 is 0 Å². The van der Waals surface area contributed by atoms with Gasteiger partial charge in [-0.05, 0) is 6.26 Å². The fourth-order valence-electron chi connectivity index (χ4n) is 0.653. The summed E-state index contributed by atoms with van der Waals surface area (Å²) in [6.45, 7) is 0. The molecule has 0 saturated carbocycles. The Bertz CT molecular complexity index is 393. The summed E-state index contributed by atoms with van der Waals surface area (Å²) in [6, 6.07) is 1.48. The Morgan fingerprint density at radius 1 is 1.75 bits per heavy atom. The predicted molar refractivity (Wildman–Crippen MR) is 43.7 cm³/mol. The van der Waals surface area contributed by atoms with Gasteiger partial charge in [0.25, 0.3) is 6.01 Å². The third-order valence-corrected chi connectivity index (χ3v) is 1.81. The van der Waals surface area contributed by atoms with E-state index in [-0.39, 0.29) is 11.6 Å². The van der Waals surface area contributed by atoms with Gasteiger partial charge in [0, 0.05) is 0 Å². The molecule has 0 fully saturated rings. The maximum atomic E-state index is 10.9. The van der Waals surface area contributed by atoms with E-state index in [0.29, 0.717) is 5.03 Å². The monoisotopic (exact) mass is 183 g/mol. The molecule has 1 aromatic heterocycles. The summed E-state index contributed by atoms with van der Waals surface area (Å²) in [5.74, 6) is 0. The van der Waals surface area contributed by atoms with Crippen molar-refractivity contribution in [3.63, 3.8) is 0 Å². The lowest BCUT2D eigenvalue weighted by atomic mass is 10.4. The highest BCUT2D eigenvalue weighted by Crippen LogP contribution is 2.14. The molecule has 2 N–H and O–H groups in total. The van der Waals surface area contributed by atoms with Gasteiger partial charge in [-0.15, -0.1) is 11.8 Å². The molecule has 0 amide bonds. The molecule has 0 aliphatic carbocycles. The molecule has 0 spiro atoms. The Hall–Kier alpha value is -1.48. The van der Waals surface area contributed by atoms with E-state index in [9.17, 15) is 4.79 Å². The summed E-state index contributed by atoms with van der Waals surface area (Å²) in [4.78, 5) is 14.6. The number of anilines is 1. The van der Waals surface area contributed by atoms with Crippen molar-refractivity contribution < 1.29 is 4.42 Å². The molecule has 1 rings (SSSR count). The summed E-state index contributed by atoms with van der Waals surface area (Å²) < 4.78 is 4.42. The molecule has 5 nitrogen and oxygen atoms in total. The lowest BCUT2D eigenvalue weighted by molar-refractivity contribution is 0.501. The fourth-order valence-corrected chi connectivity index (χ4v) is 1.17. The molecule has 1 aromatic rings. The molecule has 12 heavy (non-hydrogen) atoms. The lowest BCUT2D eigenvalue weighted by Gasteiger charge is -1.96. The fraction of sp³-hybridized carbons (Fsp3) is 0.167. The average Bonchev–Trinajstić information content (AvgIpc) is 2.03. The Kier molecular flexibility index (Phi) is 2.35. The van der Waals surface area contributed by atoms with Crippen LogP contribution >= 0.6 is 11.8 Å². The Labute approximate surface area is 72.2 Å². The first-order valence-electron chi connectivity index (χ1n) is 2.93. The van der Waals surface area contributed by atoms with Crippen molar-refractivity contribution in [2.24, 2.45) is 0 Å². The van der Waals surface area contributed by atoms with Gasteiger partial charge in [0.2, 0.25) is 0 Å². The second-order valence-corrected chi connectivity index (χ2v) is 2.63. The number of hydrogen-bond donors (Lipinski definition) is 1. The molecule has 0 unspecified atom stereocenters. The smallest absolute Gasteiger partial charge is 0.359 e. The Morgan fingerprint density at radius 2 is 2.42 bits per heavy atom. The molecular formula is C6H5N3O2S. The maximum absolute atomic E-state index is 10.9. The molecule has 0 aromatic carbocycles. The molecule has 0 atom stereocenters. The van der Waals surface area contributed by atoms with Crippen molar-refractivity contribution in [2.75, 3.05) is 12.0 Å². The van der Waals surface area contributed by atoms with Crippen LogP contribution in [0, 0.1) is 11.3 Å². The van der Waals surface area contributed by atoms with Crippen molar-refractivity contribution in [1.29, 1.82) is 5.26 Å². The largest absolute Gasteiger partial charge is 0.388 e. The zero-order valence-electron chi connectivity index (χ0n) is 6.20. The van der Waals surface area contributed by atoms with E-state index in [4.69, 9.17) is 11.0 Å². The van der Waals surface area contributed by atoms with Gasteiger partial charge in [0.15, 0.2) is 5.56 Å². The molecule has 1 heterocycles. The number of nitriles is 1. The van der Waals surface area contributed by atoms with Crippen molar-refractivity contribution in [3.8, 4) is 6.07 Å². The van der Waals surface area contributed by atoms with Gasteiger partial charge in [-0.1, -0.05) is 0 Å². The first kappa shape index (κ1) is 8.62. The molecule has 0 aliphatic heterocycles. The van der Waals surface area contributed by atoms with Gasteiger partial charge >= 0.3 is 5.63 Å². The Morgan fingerprint density at radius 3 is 2.92 bits per heavy atom. The quantitative estimate of drug-likeness (QED) is 0.625. The van der Waals surface area contributed by atoms with Gasteiger partial charge in [-0.3, -0.25) is 0 Å². The number of nitrogens with zero attached hydrogens (tertiary/aromatic N) is 2. The van der Waals surface area contributed by atoms with Gasteiger partial charge in [-0.2, -0.15) is 10.2 Å². The molecule has 0 aliphatic rings. The number of nitrogens with two attached hydrogens (primary N) is 1. The first-order valence-corrected chi connectivity index (χ1v) is 4.16. The second kappa shape index (κ2) is 3.28. The summed E-state index contributed by atoms with van der Waals surface area (Å²) in [6.07, 6.45) is 1.70. The van der Waals surface area contributed by atoms with Crippen LogP contribution in [-0.2, 0) is 0 Å². The topological polar surface area (TPSA) is 92.9 Å². The minimum absolute atomic E-state index is 0.100. The summed E-state index contributed by atoms with van der Waals surface area (Å²) in [5.41, 5.74) is 4.32. The minimum atomic E-state index is -0.741. The lowest BCUT2D eigenvalue weighted by Crippen LogP contribution is -2.09. The van der Waals surface area contributed by atoms with Crippen LogP contribution in [0.3, 0.4) is 0 Å². The highest BCUT2D eigenvalue weighted by Gasteiger charge is 2.10. The van der Waals surface area contributed by atoms with E-state index in [1.54, 1.807) is 12.3 Å². The molecule has 0 radical (unpaired) electrons. The van der Waals surface area contributed by atoms with E-state index in [1.165, 1.54) is 11.8 Å². The second-order valence-electron chi connectivity index (χ2n) is 1.84. The van der Waals surface area contributed by atoms with E-state index < -0.39 is 5.63 Å². The van der Waals surface area contributed by atoms with Crippen LogP contribution < -0.4 is 11.4 Å². The van der Waals surface area contributed by atoms with Gasteiger partial charge in [0.1, 0.15) is 11.1 Å². The number of nitrogen functional groups attached to an aromatic ring is 1. The zero-order valence-corrected chi connectivity index (χ0v) is 7.01. The first-order chi connectivity index (χ1) is 5.69. The molecule has 6 heteroatoms. The van der Waals surface area contributed by atoms with Crippen molar-refractivity contribution in [3.05, 3.63) is 16.0 Å². The number of thioether (sulfide) groups is 1. The van der Waals surface area contributed by atoms with Gasteiger partial charge < -0.3 is 10.2 Å². The van der Waals surface area contributed by atoms with Crippen molar-refractivity contribution in [2.45, 2.75) is 5.03 Å². The zero-order chi connectivity index (χ0) is 9.14. The van der Waals surface area contributed by atoms with Crippen molar-refractivity contribution >= 4 is 17.8 Å². The summed E-state index contributed by atoms with van der Waals surface area (Å²) in [5, 5.41) is 8.81. The number of aromatic nitrogens is 1. The standard InChI is InChI=1S/C6H5N3O2S/c1-12-4-3(2-7)5(10)11-6(8)9-4/h1H3,(H2,8,9). The average molecular weight is 183 g/mol. The van der Waals surface area contributed by atoms with E-state index in [2.05, 4.69) is 9.40 Å². The van der Waals surface area contributed by atoms with E-state index in [1.807, 2.05) is 0 Å². The molecule has 0 saturated heterocycles. The van der Waals surface area contributed by atoms with Crippen LogP contribution in [0.1, 0.15) is 5.56 Å². The number of hydrogen-bond acceptors (Lipinski definition) is 6. The Balaban J connectivity index is 3.47. The maximum Gasteiger partial charge on any atom is 0.359 e. The van der Waals surface area contributed by atoms with Gasteiger partial charge in [-0.25, -0.2) is 4.79 Å².